The molecule has 110 valence electrons. The first-order valence-corrected chi connectivity index (χ1v) is 7.03. The third-order valence-electron chi connectivity index (χ3n) is 3.16. The molecule has 0 saturated carbocycles. The van der Waals surface area contributed by atoms with Crippen LogP contribution in [0.15, 0.2) is 54.6 Å². The molecule has 0 aliphatic rings. The topological polar surface area (TPSA) is 64.1 Å². The van der Waals surface area contributed by atoms with Gasteiger partial charge in [-0.25, -0.2) is 0 Å². The molecule has 1 aromatic heterocycles. The Morgan fingerprint density at radius 2 is 1.86 bits per heavy atom. The lowest BCUT2D eigenvalue weighted by Gasteiger charge is -2.10. The Balaban J connectivity index is 1.87. The number of carbonyl (C=O) groups excluding carboxylic acids is 1. The predicted molar refractivity (Wildman–Crippen MR) is 85.1 cm³/mol. The van der Waals surface area contributed by atoms with Crippen molar-refractivity contribution in [1.29, 1.82) is 0 Å². The second-order valence-corrected chi connectivity index (χ2v) is 4.67. The smallest absolute Gasteiger partial charge is 0.276 e. The van der Waals surface area contributed by atoms with E-state index in [1.54, 1.807) is 12.1 Å². The van der Waals surface area contributed by atoms with Crippen molar-refractivity contribution in [3.05, 3.63) is 60.3 Å². The van der Waals surface area contributed by atoms with Crippen molar-refractivity contribution in [3.8, 4) is 5.75 Å². The van der Waals surface area contributed by atoms with Crippen molar-refractivity contribution in [2.45, 2.75) is 6.92 Å². The van der Waals surface area contributed by atoms with Gasteiger partial charge in [-0.2, -0.15) is 0 Å². The molecule has 0 aliphatic heterocycles. The molecule has 22 heavy (non-hydrogen) atoms. The van der Waals surface area contributed by atoms with Gasteiger partial charge in [-0.1, -0.05) is 30.3 Å². The molecule has 0 saturated heterocycles. The van der Waals surface area contributed by atoms with Crippen molar-refractivity contribution < 1.29 is 9.53 Å². The molecular formula is C17H15N3O2. The van der Waals surface area contributed by atoms with Gasteiger partial charge < -0.3 is 10.1 Å². The van der Waals surface area contributed by atoms with Gasteiger partial charge in [0.25, 0.3) is 5.91 Å². The number of hydrogen-bond acceptors (Lipinski definition) is 4. The summed E-state index contributed by atoms with van der Waals surface area (Å²) in [4.78, 5) is 12.3. The third kappa shape index (κ3) is 2.88. The highest BCUT2D eigenvalue weighted by Gasteiger charge is 2.12. The van der Waals surface area contributed by atoms with Gasteiger partial charge in [-0.05, 0) is 31.2 Å². The van der Waals surface area contributed by atoms with Crippen molar-refractivity contribution in [2.75, 3.05) is 11.9 Å². The summed E-state index contributed by atoms with van der Waals surface area (Å²) in [5, 5.41) is 11.7. The molecular weight excluding hydrogens is 278 g/mol. The molecule has 1 amide bonds. The van der Waals surface area contributed by atoms with E-state index in [-0.39, 0.29) is 11.6 Å². The minimum absolute atomic E-state index is 0.269. The molecule has 0 atom stereocenters. The maximum atomic E-state index is 12.3. The zero-order chi connectivity index (χ0) is 15.4. The van der Waals surface area contributed by atoms with Gasteiger partial charge in [0.1, 0.15) is 5.75 Å². The molecule has 0 radical (unpaired) electrons. The minimum Gasteiger partial charge on any atom is -0.492 e. The van der Waals surface area contributed by atoms with Crippen LogP contribution in [0.5, 0.6) is 5.75 Å². The van der Waals surface area contributed by atoms with Crippen LogP contribution in [-0.2, 0) is 0 Å². The molecule has 0 fully saturated rings. The molecule has 5 nitrogen and oxygen atoms in total. The summed E-state index contributed by atoms with van der Waals surface area (Å²) >= 11 is 0. The van der Waals surface area contributed by atoms with Gasteiger partial charge in [0.15, 0.2) is 5.69 Å². The Morgan fingerprint density at radius 1 is 1.09 bits per heavy atom. The summed E-state index contributed by atoms with van der Waals surface area (Å²) in [6, 6.07) is 16.6. The number of anilines is 1. The minimum atomic E-state index is -0.314. The van der Waals surface area contributed by atoms with Crippen LogP contribution in [0.3, 0.4) is 0 Å². The SMILES string of the molecule is CCOc1ccccc1NC(=O)c1cc2ccccc2nn1. The van der Waals surface area contributed by atoms with Crippen LogP contribution in [0.2, 0.25) is 0 Å². The van der Waals surface area contributed by atoms with Crippen LogP contribution in [-0.4, -0.2) is 22.7 Å². The maximum absolute atomic E-state index is 12.3. The summed E-state index contributed by atoms with van der Waals surface area (Å²) in [7, 11) is 0. The molecule has 2 aromatic carbocycles. The van der Waals surface area contributed by atoms with E-state index in [2.05, 4.69) is 15.5 Å². The third-order valence-corrected chi connectivity index (χ3v) is 3.16. The predicted octanol–water partition coefficient (Wildman–Crippen LogP) is 3.28. The van der Waals surface area contributed by atoms with E-state index >= 15 is 0 Å². The van der Waals surface area contributed by atoms with Gasteiger partial charge in [0.05, 0.1) is 17.8 Å². The number of ether oxygens (including phenoxy) is 1. The van der Waals surface area contributed by atoms with Crippen LogP contribution < -0.4 is 10.1 Å². The summed E-state index contributed by atoms with van der Waals surface area (Å²) in [5.41, 5.74) is 1.64. The second-order valence-electron chi connectivity index (χ2n) is 4.67. The molecule has 0 unspecified atom stereocenters. The van der Waals surface area contributed by atoms with Gasteiger partial charge in [-0.15, -0.1) is 10.2 Å². The Kier molecular flexibility index (Phi) is 3.96. The first-order chi connectivity index (χ1) is 10.8. The molecule has 5 heteroatoms. The highest BCUT2D eigenvalue weighted by atomic mass is 16.5. The number of benzene rings is 2. The van der Waals surface area contributed by atoms with Gasteiger partial charge in [0, 0.05) is 5.39 Å². The van der Waals surface area contributed by atoms with Crippen LogP contribution >= 0.6 is 0 Å². The maximum Gasteiger partial charge on any atom is 0.276 e. The molecule has 1 N–H and O–H groups in total. The summed E-state index contributed by atoms with van der Waals surface area (Å²) in [6.07, 6.45) is 0. The number of nitrogens with zero attached hydrogens (tertiary/aromatic N) is 2. The van der Waals surface area contributed by atoms with Crippen LogP contribution in [0, 0.1) is 0 Å². The fraction of sp³-hybridized carbons (Fsp3) is 0.118. The number of hydrogen-bond donors (Lipinski definition) is 1. The highest BCUT2D eigenvalue weighted by Crippen LogP contribution is 2.24. The fourth-order valence-corrected chi connectivity index (χ4v) is 2.13. The molecule has 3 aromatic rings. The van der Waals surface area contributed by atoms with Crippen LogP contribution in [0.25, 0.3) is 10.9 Å². The van der Waals surface area contributed by atoms with E-state index < -0.39 is 0 Å². The molecule has 0 aliphatic carbocycles. The lowest BCUT2D eigenvalue weighted by molar-refractivity contribution is 0.102. The van der Waals surface area contributed by atoms with Crippen molar-refractivity contribution in [1.82, 2.24) is 10.2 Å². The van der Waals surface area contributed by atoms with Gasteiger partial charge in [-0.3, -0.25) is 4.79 Å². The zero-order valence-electron chi connectivity index (χ0n) is 12.1. The Morgan fingerprint density at radius 3 is 2.73 bits per heavy atom. The van der Waals surface area contributed by atoms with Crippen molar-refractivity contribution in [3.63, 3.8) is 0 Å². The number of carbonyl (C=O) groups is 1. The summed E-state index contributed by atoms with van der Waals surface area (Å²) in [6.45, 7) is 2.43. The number of nitrogens with one attached hydrogen (secondary N) is 1. The summed E-state index contributed by atoms with van der Waals surface area (Å²) < 4.78 is 5.49. The standard InChI is InChI=1S/C17H15N3O2/c1-2-22-16-10-6-5-9-14(16)18-17(21)15-11-12-7-3-4-8-13(12)19-20-15/h3-11H,2H2,1H3,(H,18,21). The van der Waals surface area contributed by atoms with Gasteiger partial charge in [0.2, 0.25) is 0 Å². The van der Waals surface area contributed by atoms with E-state index in [1.807, 2.05) is 49.4 Å². The number of fused-ring (bicyclic) bond motifs is 1. The average Bonchev–Trinajstić information content (AvgIpc) is 2.56. The average molecular weight is 293 g/mol. The van der Waals surface area contributed by atoms with Crippen molar-refractivity contribution >= 4 is 22.5 Å². The monoisotopic (exact) mass is 293 g/mol. The molecule has 0 bridgehead atoms. The number of para-hydroxylation sites is 2. The van der Waals surface area contributed by atoms with Crippen LogP contribution in [0.4, 0.5) is 5.69 Å². The van der Waals surface area contributed by atoms with E-state index in [4.69, 9.17) is 4.74 Å². The number of rotatable bonds is 4. The van der Waals surface area contributed by atoms with Crippen LogP contribution in [0.1, 0.15) is 17.4 Å². The molecule has 1 heterocycles. The van der Waals surface area contributed by atoms with E-state index in [1.165, 1.54) is 0 Å². The lowest BCUT2D eigenvalue weighted by Crippen LogP contribution is -2.15. The second kappa shape index (κ2) is 6.22. The Bertz CT molecular complexity index is 818. The number of aromatic nitrogens is 2. The van der Waals surface area contributed by atoms with Gasteiger partial charge >= 0.3 is 0 Å². The molecule has 3 rings (SSSR count). The first kappa shape index (κ1) is 14.0. The Labute approximate surface area is 127 Å². The summed E-state index contributed by atoms with van der Waals surface area (Å²) in [5.74, 6) is 0.317. The highest BCUT2D eigenvalue weighted by molar-refractivity contribution is 6.05. The first-order valence-electron chi connectivity index (χ1n) is 7.03. The van der Waals surface area contributed by atoms with E-state index in [0.717, 1.165) is 10.9 Å². The normalized spacial score (nSPS) is 10.4. The molecule has 0 spiro atoms. The quantitative estimate of drug-likeness (QED) is 0.801. The number of amides is 1. The lowest BCUT2D eigenvalue weighted by atomic mass is 10.2. The van der Waals surface area contributed by atoms with E-state index in [0.29, 0.717) is 18.0 Å². The largest absolute Gasteiger partial charge is 0.492 e. The van der Waals surface area contributed by atoms with Crippen molar-refractivity contribution in [2.24, 2.45) is 0 Å². The zero-order valence-corrected chi connectivity index (χ0v) is 12.1. The fourth-order valence-electron chi connectivity index (χ4n) is 2.13. The van der Waals surface area contributed by atoms with E-state index in [9.17, 15) is 4.79 Å². The Hall–Kier alpha value is -2.95.